The predicted molar refractivity (Wildman–Crippen MR) is 134 cm³/mol. The molecule has 4 rings (SSSR count). The molecule has 6 nitrogen and oxygen atoms in total. The van der Waals surface area contributed by atoms with Crippen molar-refractivity contribution in [3.8, 4) is 0 Å². The maximum Gasteiger partial charge on any atom is 0.262 e. The lowest BCUT2D eigenvalue weighted by Gasteiger charge is -2.18. The first-order chi connectivity index (χ1) is 15.9. The number of benzene rings is 2. The fraction of sp³-hybridized carbons (Fsp3) is 0.231. The van der Waals surface area contributed by atoms with Crippen molar-refractivity contribution in [2.75, 3.05) is 5.32 Å². The Labute approximate surface area is 197 Å². The van der Waals surface area contributed by atoms with E-state index in [0.717, 1.165) is 16.8 Å². The van der Waals surface area contributed by atoms with E-state index >= 15 is 0 Å². The molecule has 0 spiro atoms. The average molecular weight is 459 g/mol. The maximum absolute atomic E-state index is 13.3. The van der Waals surface area contributed by atoms with Crippen molar-refractivity contribution < 1.29 is 4.79 Å². The van der Waals surface area contributed by atoms with Gasteiger partial charge in [0.15, 0.2) is 5.16 Å². The van der Waals surface area contributed by atoms with Gasteiger partial charge in [-0.2, -0.15) is 0 Å². The molecular weight excluding hydrogens is 432 g/mol. The molecule has 0 fully saturated rings. The number of nitrogens with zero attached hydrogens (tertiary/aromatic N) is 3. The van der Waals surface area contributed by atoms with Gasteiger partial charge in [-0.1, -0.05) is 62.0 Å². The molecule has 0 aliphatic rings. The zero-order valence-corrected chi connectivity index (χ0v) is 19.7. The molecule has 1 unspecified atom stereocenters. The Bertz CT molecular complexity index is 1340. The Morgan fingerprint density at radius 3 is 2.55 bits per heavy atom. The van der Waals surface area contributed by atoms with E-state index in [-0.39, 0.29) is 17.4 Å². The monoisotopic (exact) mass is 458 g/mol. The van der Waals surface area contributed by atoms with Gasteiger partial charge in [-0.15, -0.1) is 0 Å². The number of anilines is 1. The minimum absolute atomic E-state index is 0.135. The molecule has 1 N–H and O–H groups in total. The summed E-state index contributed by atoms with van der Waals surface area (Å²) in [6, 6.07) is 18.9. The number of carbonyl (C=O) groups is 1. The highest BCUT2D eigenvalue weighted by Crippen LogP contribution is 2.27. The first-order valence-corrected chi connectivity index (χ1v) is 11.8. The number of thioether (sulfide) groups is 1. The first kappa shape index (κ1) is 22.7. The highest BCUT2D eigenvalue weighted by Gasteiger charge is 2.21. The molecule has 1 atom stereocenters. The Morgan fingerprint density at radius 2 is 1.79 bits per heavy atom. The zero-order valence-electron chi connectivity index (χ0n) is 18.9. The summed E-state index contributed by atoms with van der Waals surface area (Å²) in [6.07, 6.45) is 3.43. The highest BCUT2D eigenvalue weighted by molar-refractivity contribution is 8.00. The van der Waals surface area contributed by atoms with E-state index < -0.39 is 5.25 Å². The van der Waals surface area contributed by atoms with Crippen LogP contribution in [-0.4, -0.2) is 25.7 Å². The lowest BCUT2D eigenvalue weighted by atomic mass is 10.0. The van der Waals surface area contributed by atoms with Crippen LogP contribution in [0, 0.1) is 0 Å². The van der Waals surface area contributed by atoms with Gasteiger partial charge in [0.1, 0.15) is 0 Å². The number of rotatable bonds is 7. The first-order valence-electron chi connectivity index (χ1n) is 10.9. The van der Waals surface area contributed by atoms with Crippen LogP contribution in [0.5, 0.6) is 0 Å². The van der Waals surface area contributed by atoms with Crippen LogP contribution in [0.15, 0.2) is 83.0 Å². The standard InChI is InChI=1S/C26H26N4O2S/c1-17(2)20-10-4-6-12-22(20)28-24(31)18(3)33-26-29-23-13-7-5-11-21(23)25(32)30(26)16-19-9-8-14-27-15-19/h4-15,17-18H,16H2,1-3H3,(H,28,31). The number of pyridine rings is 1. The van der Waals surface area contributed by atoms with Crippen LogP contribution < -0.4 is 10.9 Å². The second kappa shape index (κ2) is 10.0. The second-order valence-corrected chi connectivity index (χ2v) is 9.46. The average Bonchev–Trinajstić information content (AvgIpc) is 2.82. The van der Waals surface area contributed by atoms with Gasteiger partial charge < -0.3 is 5.32 Å². The third-order valence-corrected chi connectivity index (χ3v) is 6.47. The quantitative estimate of drug-likeness (QED) is 0.309. The van der Waals surface area contributed by atoms with Crippen LogP contribution in [0.4, 0.5) is 5.69 Å². The summed E-state index contributed by atoms with van der Waals surface area (Å²) in [5, 5.41) is 3.64. The van der Waals surface area contributed by atoms with Gasteiger partial charge in [0, 0.05) is 18.1 Å². The van der Waals surface area contributed by atoms with Gasteiger partial charge in [-0.3, -0.25) is 19.1 Å². The molecule has 2 heterocycles. The smallest absolute Gasteiger partial charge is 0.262 e. The molecule has 2 aromatic carbocycles. The van der Waals surface area contributed by atoms with Gasteiger partial charge in [0.25, 0.3) is 5.56 Å². The second-order valence-electron chi connectivity index (χ2n) is 8.16. The molecule has 7 heteroatoms. The van der Waals surface area contributed by atoms with Crippen LogP contribution in [-0.2, 0) is 11.3 Å². The fourth-order valence-corrected chi connectivity index (χ4v) is 4.52. The summed E-state index contributed by atoms with van der Waals surface area (Å²) < 4.78 is 1.62. The summed E-state index contributed by atoms with van der Waals surface area (Å²) in [7, 11) is 0. The lowest BCUT2D eigenvalue weighted by Crippen LogP contribution is -2.27. The van der Waals surface area contributed by atoms with E-state index in [1.54, 1.807) is 23.0 Å². The van der Waals surface area contributed by atoms with E-state index in [2.05, 4.69) is 24.1 Å². The number of fused-ring (bicyclic) bond motifs is 1. The zero-order chi connectivity index (χ0) is 23.4. The van der Waals surface area contributed by atoms with Crippen LogP contribution in [0.25, 0.3) is 10.9 Å². The Hall–Kier alpha value is -3.45. The molecule has 0 bridgehead atoms. The van der Waals surface area contributed by atoms with Crippen LogP contribution in [0.2, 0.25) is 0 Å². The van der Waals surface area contributed by atoms with E-state index in [4.69, 9.17) is 4.98 Å². The molecule has 2 aromatic heterocycles. The van der Waals surface area contributed by atoms with Crippen molar-refractivity contribution >= 4 is 34.3 Å². The molecule has 4 aromatic rings. The Morgan fingerprint density at radius 1 is 1.03 bits per heavy atom. The lowest BCUT2D eigenvalue weighted by molar-refractivity contribution is -0.115. The van der Waals surface area contributed by atoms with Gasteiger partial charge in [-0.05, 0) is 48.2 Å². The van der Waals surface area contributed by atoms with E-state index in [1.807, 2.05) is 61.5 Å². The summed E-state index contributed by atoms with van der Waals surface area (Å²) in [4.78, 5) is 35.2. The molecule has 0 saturated carbocycles. The van der Waals surface area contributed by atoms with Crippen molar-refractivity contribution in [3.63, 3.8) is 0 Å². The molecule has 0 radical (unpaired) electrons. The molecule has 1 amide bonds. The number of hydrogen-bond acceptors (Lipinski definition) is 5. The van der Waals surface area contributed by atoms with Crippen molar-refractivity contribution in [1.82, 2.24) is 14.5 Å². The van der Waals surface area contributed by atoms with Gasteiger partial charge in [-0.25, -0.2) is 4.98 Å². The third kappa shape index (κ3) is 5.14. The van der Waals surface area contributed by atoms with E-state index in [9.17, 15) is 9.59 Å². The fourth-order valence-electron chi connectivity index (χ4n) is 3.61. The van der Waals surface area contributed by atoms with Crippen molar-refractivity contribution in [2.45, 2.75) is 43.6 Å². The van der Waals surface area contributed by atoms with Gasteiger partial charge in [0.2, 0.25) is 5.91 Å². The highest BCUT2D eigenvalue weighted by atomic mass is 32.2. The van der Waals surface area contributed by atoms with Crippen molar-refractivity contribution in [2.24, 2.45) is 0 Å². The van der Waals surface area contributed by atoms with Gasteiger partial charge in [0.05, 0.1) is 22.7 Å². The predicted octanol–water partition coefficient (Wildman–Crippen LogP) is 5.08. The number of carbonyl (C=O) groups excluding carboxylic acids is 1. The van der Waals surface area contributed by atoms with Crippen molar-refractivity contribution in [1.29, 1.82) is 0 Å². The summed E-state index contributed by atoms with van der Waals surface area (Å²) in [6.45, 7) is 6.35. The molecule has 33 heavy (non-hydrogen) atoms. The van der Waals surface area contributed by atoms with Crippen LogP contribution >= 0.6 is 11.8 Å². The number of para-hydroxylation sites is 2. The van der Waals surface area contributed by atoms with E-state index in [0.29, 0.717) is 22.6 Å². The van der Waals surface area contributed by atoms with Crippen LogP contribution in [0.1, 0.15) is 37.8 Å². The molecule has 168 valence electrons. The number of amides is 1. The number of nitrogens with one attached hydrogen (secondary N) is 1. The van der Waals surface area contributed by atoms with E-state index in [1.165, 1.54) is 11.8 Å². The third-order valence-electron chi connectivity index (χ3n) is 5.38. The minimum atomic E-state index is -0.460. The molecule has 0 aliphatic heterocycles. The maximum atomic E-state index is 13.3. The minimum Gasteiger partial charge on any atom is -0.325 e. The SMILES string of the molecule is CC(Sc1nc2ccccc2c(=O)n1Cc1cccnc1)C(=O)Nc1ccccc1C(C)C. The molecule has 0 aliphatic carbocycles. The topological polar surface area (TPSA) is 76.9 Å². The largest absolute Gasteiger partial charge is 0.325 e. The summed E-state index contributed by atoms with van der Waals surface area (Å²) in [5.41, 5.74) is 3.26. The van der Waals surface area contributed by atoms with Crippen molar-refractivity contribution in [3.05, 3.63) is 94.5 Å². The number of hydrogen-bond donors (Lipinski definition) is 1. The Kier molecular flexibility index (Phi) is 6.89. The Balaban J connectivity index is 1.65. The van der Waals surface area contributed by atoms with Gasteiger partial charge >= 0.3 is 0 Å². The summed E-state index contributed by atoms with van der Waals surface area (Å²) >= 11 is 1.28. The number of aromatic nitrogens is 3. The summed E-state index contributed by atoms with van der Waals surface area (Å²) in [5.74, 6) is 0.153. The normalized spacial score (nSPS) is 12.1. The van der Waals surface area contributed by atoms with Crippen LogP contribution in [0.3, 0.4) is 0 Å². The molecular formula is C26H26N4O2S. The molecule has 0 saturated heterocycles.